The molecule has 3 aromatic rings. The monoisotopic (exact) mass is 517 g/mol. The second-order valence-corrected chi connectivity index (χ2v) is 10.5. The standard InChI is InChI=1S/C27H27N5O2S2/c1-3-11-32-26(34)22(36-27(32)35)17-21-24(28-23-19(2)8-7-12-31(23)25(21)33)30-15-13-29(14-16-30)18-20-9-5-4-6-10-20/h3-10,12,17H,1,11,13-16,18H2,2H3. The van der Waals surface area contributed by atoms with Gasteiger partial charge in [-0.3, -0.25) is 23.8 Å². The molecule has 0 bridgehead atoms. The molecule has 2 aromatic heterocycles. The highest BCUT2D eigenvalue weighted by Crippen LogP contribution is 2.33. The molecule has 0 atom stereocenters. The largest absolute Gasteiger partial charge is 0.353 e. The van der Waals surface area contributed by atoms with Gasteiger partial charge in [0, 0.05) is 45.5 Å². The van der Waals surface area contributed by atoms with E-state index in [2.05, 4.69) is 40.6 Å². The molecule has 2 aliphatic heterocycles. The van der Waals surface area contributed by atoms with E-state index in [0.717, 1.165) is 38.3 Å². The van der Waals surface area contributed by atoms with Gasteiger partial charge in [-0.05, 0) is 30.2 Å². The quantitative estimate of drug-likeness (QED) is 0.281. The predicted molar refractivity (Wildman–Crippen MR) is 150 cm³/mol. The normalized spacial score (nSPS) is 18.0. The van der Waals surface area contributed by atoms with Crippen molar-refractivity contribution in [3.63, 3.8) is 0 Å². The van der Waals surface area contributed by atoms with Gasteiger partial charge in [-0.15, -0.1) is 6.58 Å². The third kappa shape index (κ3) is 4.74. The Morgan fingerprint density at radius 1 is 1.08 bits per heavy atom. The number of anilines is 1. The van der Waals surface area contributed by atoms with Crippen LogP contribution in [0, 0.1) is 6.92 Å². The highest BCUT2D eigenvalue weighted by atomic mass is 32.2. The van der Waals surface area contributed by atoms with Crippen LogP contribution in [0.25, 0.3) is 11.7 Å². The van der Waals surface area contributed by atoms with Gasteiger partial charge in [-0.2, -0.15) is 0 Å². The molecule has 7 nitrogen and oxygen atoms in total. The number of carbonyl (C=O) groups excluding carboxylic acids is 1. The van der Waals surface area contributed by atoms with Crippen molar-refractivity contribution in [1.82, 2.24) is 19.2 Å². The number of piperazine rings is 1. The third-order valence-corrected chi connectivity index (χ3v) is 7.82. The number of carbonyl (C=O) groups is 1. The Hall–Kier alpha value is -3.27. The summed E-state index contributed by atoms with van der Waals surface area (Å²) in [7, 11) is 0. The molecule has 4 heterocycles. The average molecular weight is 518 g/mol. The summed E-state index contributed by atoms with van der Waals surface area (Å²) < 4.78 is 2.02. The number of pyridine rings is 1. The molecule has 0 aliphatic carbocycles. The topological polar surface area (TPSA) is 61.2 Å². The average Bonchev–Trinajstić information content (AvgIpc) is 3.15. The number of hydrogen-bond acceptors (Lipinski definition) is 7. The maximum absolute atomic E-state index is 13.7. The lowest BCUT2D eigenvalue weighted by molar-refractivity contribution is -0.121. The number of aromatic nitrogens is 2. The number of thioether (sulfide) groups is 1. The fourth-order valence-electron chi connectivity index (χ4n) is 4.54. The van der Waals surface area contributed by atoms with Crippen LogP contribution in [-0.4, -0.2) is 62.1 Å². The first-order chi connectivity index (χ1) is 17.5. The van der Waals surface area contributed by atoms with Crippen molar-refractivity contribution in [3.8, 4) is 0 Å². The summed E-state index contributed by atoms with van der Waals surface area (Å²) in [5.41, 5.74) is 3.04. The molecular formula is C27H27N5O2S2. The van der Waals surface area contributed by atoms with Crippen molar-refractivity contribution >= 4 is 51.7 Å². The van der Waals surface area contributed by atoms with Crippen molar-refractivity contribution in [2.24, 2.45) is 0 Å². The Morgan fingerprint density at radius 2 is 1.83 bits per heavy atom. The summed E-state index contributed by atoms with van der Waals surface area (Å²) in [6.45, 7) is 10.1. The molecule has 2 fully saturated rings. The second kappa shape index (κ2) is 10.4. The number of aryl methyl sites for hydroxylation is 1. The van der Waals surface area contributed by atoms with Gasteiger partial charge in [0.15, 0.2) is 0 Å². The molecule has 2 saturated heterocycles. The molecule has 1 amide bonds. The lowest BCUT2D eigenvalue weighted by atomic mass is 10.1. The van der Waals surface area contributed by atoms with Crippen LogP contribution in [-0.2, 0) is 11.3 Å². The van der Waals surface area contributed by atoms with E-state index in [1.807, 2.05) is 25.1 Å². The first-order valence-corrected chi connectivity index (χ1v) is 13.1. The van der Waals surface area contributed by atoms with Crippen molar-refractivity contribution in [1.29, 1.82) is 0 Å². The fourth-order valence-corrected chi connectivity index (χ4v) is 5.80. The SMILES string of the molecule is C=CCN1C(=O)C(=Cc2c(N3CCN(Cc4ccccc4)CC3)nc3c(C)cccn3c2=O)SC1=S. The number of benzene rings is 1. The van der Waals surface area contributed by atoms with Crippen molar-refractivity contribution in [2.45, 2.75) is 13.5 Å². The van der Waals surface area contributed by atoms with Gasteiger partial charge in [0.2, 0.25) is 0 Å². The van der Waals surface area contributed by atoms with Gasteiger partial charge < -0.3 is 4.90 Å². The van der Waals surface area contributed by atoms with Gasteiger partial charge in [0.1, 0.15) is 15.8 Å². The first-order valence-electron chi connectivity index (χ1n) is 11.9. The van der Waals surface area contributed by atoms with E-state index in [9.17, 15) is 9.59 Å². The van der Waals surface area contributed by atoms with Gasteiger partial charge in [0.05, 0.1) is 10.5 Å². The minimum atomic E-state index is -0.211. The second-order valence-electron chi connectivity index (χ2n) is 8.87. The molecule has 1 aromatic carbocycles. The fraction of sp³-hybridized carbons (Fsp3) is 0.259. The van der Waals surface area contributed by atoms with Crippen molar-refractivity contribution < 1.29 is 4.79 Å². The maximum Gasteiger partial charge on any atom is 0.267 e. The van der Waals surface area contributed by atoms with Crippen LogP contribution >= 0.6 is 24.0 Å². The molecule has 5 rings (SSSR count). The molecule has 0 unspecified atom stereocenters. The van der Waals surface area contributed by atoms with E-state index in [1.165, 1.54) is 22.2 Å². The van der Waals surface area contributed by atoms with E-state index in [4.69, 9.17) is 17.2 Å². The summed E-state index contributed by atoms with van der Waals surface area (Å²) in [5.74, 6) is 0.403. The molecule has 184 valence electrons. The van der Waals surface area contributed by atoms with Crippen LogP contribution in [0.3, 0.4) is 0 Å². The number of rotatable bonds is 6. The smallest absolute Gasteiger partial charge is 0.267 e. The summed E-state index contributed by atoms with van der Waals surface area (Å²) in [5, 5.41) is 0. The van der Waals surface area contributed by atoms with Gasteiger partial charge in [-0.1, -0.05) is 66.5 Å². The maximum atomic E-state index is 13.7. The van der Waals surface area contributed by atoms with E-state index in [1.54, 1.807) is 22.7 Å². The van der Waals surface area contributed by atoms with Gasteiger partial charge in [0.25, 0.3) is 11.5 Å². The lowest BCUT2D eigenvalue weighted by Gasteiger charge is -2.36. The zero-order valence-corrected chi connectivity index (χ0v) is 21.7. The Morgan fingerprint density at radius 3 is 2.56 bits per heavy atom. The summed E-state index contributed by atoms with van der Waals surface area (Å²) in [4.78, 5) is 38.1. The molecule has 0 spiro atoms. The van der Waals surface area contributed by atoms with E-state index >= 15 is 0 Å². The van der Waals surface area contributed by atoms with Gasteiger partial charge >= 0.3 is 0 Å². The molecule has 0 saturated carbocycles. The van der Waals surface area contributed by atoms with Crippen LogP contribution in [0.15, 0.2) is 71.0 Å². The number of nitrogens with zero attached hydrogens (tertiary/aromatic N) is 5. The predicted octanol–water partition coefficient (Wildman–Crippen LogP) is 3.71. The zero-order valence-electron chi connectivity index (χ0n) is 20.1. The highest BCUT2D eigenvalue weighted by molar-refractivity contribution is 8.26. The number of hydrogen-bond donors (Lipinski definition) is 0. The summed E-state index contributed by atoms with van der Waals surface area (Å²) in [6, 6.07) is 14.2. The Labute approximate surface area is 219 Å². The Balaban J connectivity index is 1.50. The number of amides is 1. The van der Waals surface area contributed by atoms with E-state index < -0.39 is 0 Å². The van der Waals surface area contributed by atoms with Crippen molar-refractivity contribution in [3.05, 3.63) is 93.3 Å². The molecule has 2 aliphatic rings. The van der Waals surface area contributed by atoms with Crippen LogP contribution in [0.4, 0.5) is 5.82 Å². The molecule has 36 heavy (non-hydrogen) atoms. The first kappa shape index (κ1) is 24.4. The summed E-state index contributed by atoms with van der Waals surface area (Å²) >= 11 is 6.60. The zero-order chi connectivity index (χ0) is 25.2. The van der Waals surface area contributed by atoms with Crippen LogP contribution < -0.4 is 10.5 Å². The lowest BCUT2D eigenvalue weighted by Crippen LogP contribution is -2.47. The molecular weight excluding hydrogens is 490 g/mol. The molecule has 9 heteroatoms. The minimum absolute atomic E-state index is 0.195. The molecule has 0 radical (unpaired) electrons. The minimum Gasteiger partial charge on any atom is -0.353 e. The van der Waals surface area contributed by atoms with Crippen LogP contribution in [0.5, 0.6) is 0 Å². The Kier molecular flexibility index (Phi) is 7.04. The Bertz CT molecular complexity index is 1430. The van der Waals surface area contributed by atoms with E-state index in [-0.39, 0.29) is 11.5 Å². The highest BCUT2D eigenvalue weighted by Gasteiger charge is 2.32. The van der Waals surface area contributed by atoms with Gasteiger partial charge in [-0.25, -0.2) is 4.98 Å². The third-order valence-electron chi connectivity index (χ3n) is 6.45. The number of fused-ring (bicyclic) bond motifs is 1. The van der Waals surface area contributed by atoms with Crippen molar-refractivity contribution in [2.75, 3.05) is 37.6 Å². The summed E-state index contributed by atoms with van der Waals surface area (Å²) in [6.07, 6.45) is 5.03. The number of thiocarbonyl (C=S) groups is 1. The molecule has 0 N–H and O–H groups in total. The van der Waals surface area contributed by atoms with Crippen LogP contribution in [0.2, 0.25) is 0 Å². The van der Waals surface area contributed by atoms with E-state index in [0.29, 0.717) is 32.8 Å². The van der Waals surface area contributed by atoms with Crippen LogP contribution in [0.1, 0.15) is 16.7 Å².